The summed E-state index contributed by atoms with van der Waals surface area (Å²) >= 11 is 1.50. The van der Waals surface area contributed by atoms with Crippen LogP contribution < -0.4 is 10.2 Å². The van der Waals surface area contributed by atoms with Gasteiger partial charge in [-0.05, 0) is 20.8 Å². The van der Waals surface area contributed by atoms with E-state index in [9.17, 15) is 4.79 Å². The van der Waals surface area contributed by atoms with E-state index in [1.807, 2.05) is 19.2 Å². The van der Waals surface area contributed by atoms with Gasteiger partial charge in [-0.15, -0.1) is 11.3 Å². The number of aromatic nitrogens is 1. The van der Waals surface area contributed by atoms with Crippen LogP contribution in [0.3, 0.4) is 0 Å². The van der Waals surface area contributed by atoms with E-state index < -0.39 is 0 Å². The Morgan fingerprint density at radius 2 is 2.32 bits per heavy atom. The van der Waals surface area contributed by atoms with E-state index in [0.717, 1.165) is 17.4 Å². The SMILES string of the molecule is CCOCC(C)NCc1csc(N(CC)C(C)=O)n1. The number of nitrogens with one attached hydrogen (secondary N) is 1. The predicted molar refractivity (Wildman–Crippen MR) is 78.6 cm³/mol. The molecule has 0 saturated heterocycles. The Morgan fingerprint density at radius 1 is 1.58 bits per heavy atom. The number of carbonyl (C=O) groups is 1. The Bertz CT molecular complexity index is 395. The molecule has 0 saturated carbocycles. The van der Waals surface area contributed by atoms with Crippen LogP contribution in [-0.2, 0) is 16.1 Å². The summed E-state index contributed by atoms with van der Waals surface area (Å²) in [5.41, 5.74) is 0.961. The number of nitrogens with zero attached hydrogens (tertiary/aromatic N) is 2. The molecule has 1 unspecified atom stereocenters. The van der Waals surface area contributed by atoms with Crippen LogP contribution in [0.4, 0.5) is 5.13 Å². The van der Waals surface area contributed by atoms with E-state index in [1.54, 1.807) is 11.8 Å². The molecule has 19 heavy (non-hydrogen) atoms. The van der Waals surface area contributed by atoms with E-state index in [2.05, 4.69) is 17.2 Å². The van der Waals surface area contributed by atoms with Crippen LogP contribution in [0.25, 0.3) is 0 Å². The zero-order chi connectivity index (χ0) is 14.3. The lowest BCUT2D eigenvalue weighted by Crippen LogP contribution is -2.30. The third-order valence-electron chi connectivity index (χ3n) is 2.67. The molecule has 0 bridgehead atoms. The molecular weight excluding hydrogens is 262 g/mol. The minimum absolute atomic E-state index is 0.0288. The molecule has 0 aliphatic carbocycles. The van der Waals surface area contributed by atoms with Gasteiger partial charge in [-0.25, -0.2) is 4.98 Å². The molecule has 0 aliphatic heterocycles. The molecule has 1 rings (SSSR count). The Kier molecular flexibility index (Phi) is 6.97. The smallest absolute Gasteiger partial charge is 0.225 e. The number of carbonyl (C=O) groups excluding carboxylic acids is 1. The number of hydrogen-bond acceptors (Lipinski definition) is 5. The first-order chi connectivity index (χ1) is 9.08. The number of rotatable bonds is 8. The summed E-state index contributed by atoms with van der Waals surface area (Å²) in [5, 5.41) is 6.10. The molecule has 1 atom stereocenters. The van der Waals surface area contributed by atoms with Gasteiger partial charge in [-0.2, -0.15) is 0 Å². The van der Waals surface area contributed by atoms with Crippen molar-refractivity contribution in [2.75, 3.05) is 24.7 Å². The van der Waals surface area contributed by atoms with Crippen LogP contribution in [0, 0.1) is 0 Å². The number of amides is 1. The van der Waals surface area contributed by atoms with Crippen molar-refractivity contribution in [1.29, 1.82) is 0 Å². The quantitative estimate of drug-likeness (QED) is 0.794. The van der Waals surface area contributed by atoms with Crippen LogP contribution in [0.1, 0.15) is 33.4 Å². The summed E-state index contributed by atoms with van der Waals surface area (Å²) in [6.45, 7) is 10.4. The Labute approximate surface area is 119 Å². The van der Waals surface area contributed by atoms with Crippen molar-refractivity contribution in [2.45, 2.75) is 40.3 Å². The lowest BCUT2D eigenvalue weighted by Gasteiger charge is -2.15. The number of thiazole rings is 1. The lowest BCUT2D eigenvalue weighted by molar-refractivity contribution is -0.116. The molecule has 1 amide bonds. The Morgan fingerprint density at radius 3 is 2.89 bits per heavy atom. The molecule has 0 radical (unpaired) electrons. The average Bonchev–Trinajstić information content (AvgIpc) is 2.83. The zero-order valence-corrected chi connectivity index (χ0v) is 12.9. The molecule has 108 valence electrons. The van der Waals surface area contributed by atoms with E-state index in [0.29, 0.717) is 25.7 Å². The lowest BCUT2D eigenvalue weighted by atomic mass is 10.3. The van der Waals surface area contributed by atoms with Gasteiger partial charge in [0.25, 0.3) is 0 Å². The molecule has 0 fully saturated rings. The van der Waals surface area contributed by atoms with Crippen LogP contribution >= 0.6 is 11.3 Å². The van der Waals surface area contributed by atoms with Crippen LogP contribution in [0.15, 0.2) is 5.38 Å². The van der Waals surface area contributed by atoms with Crippen molar-refractivity contribution in [3.05, 3.63) is 11.1 Å². The topological polar surface area (TPSA) is 54.5 Å². The molecule has 0 aromatic carbocycles. The molecule has 1 aromatic rings. The third-order valence-corrected chi connectivity index (χ3v) is 3.58. The van der Waals surface area contributed by atoms with Crippen molar-refractivity contribution in [3.63, 3.8) is 0 Å². The largest absolute Gasteiger partial charge is 0.380 e. The van der Waals surface area contributed by atoms with Gasteiger partial charge in [0.15, 0.2) is 5.13 Å². The molecule has 1 heterocycles. The maximum absolute atomic E-state index is 11.4. The molecule has 0 aliphatic rings. The van der Waals surface area contributed by atoms with Gasteiger partial charge in [0.1, 0.15) is 0 Å². The second kappa shape index (κ2) is 8.24. The van der Waals surface area contributed by atoms with Crippen LogP contribution in [-0.4, -0.2) is 36.7 Å². The van der Waals surface area contributed by atoms with Gasteiger partial charge in [-0.3, -0.25) is 9.69 Å². The highest BCUT2D eigenvalue weighted by Gasteiger charge is 2.13. The monoisotopic (exact) mass is 285 g/mol. The molecule has 5 nitrogen and oxygen atoms in total. The molecule has 6 heteroatoms. The van der Waals surface area contributed by atoms with Crippen molar-refractivity contribution in [1.82, 2.24) is 10.3 Å². The van der Waals surface area contributed by atoms with Crippen molar-refractivity contribution < 1.29 is 9.53 Å². The second-order valence-electron chi connectivity index (χ2n) is 4.33. The Balaban J connectivity index is 2.48. The maximum atomic E-state index is 11.4. The summed E-state index contributed by atoms with van der Waals surface area (Å²) < 4.78 is 5.34. The van der Waals surface area contributed by atoms with Crippen LogP contribution in [0.5, 0.6) is 0 Å². The van der Waals surface area contributed by atoms with Crippen LogP contribution in [0.2, 0.25) is 0 Å². The van der Waals surface area contributed by atoms with Gasteiger partial charge < -0.3 is 10.1 Å². The first kappa shape index (κ1) is 16.1. The molecule has 1 N–H and O–H groups in total. The van der Waals surface area contributed by atoms with Crippen molar-refractivity contribution >= 4 is 22.4 Å². The minimum atomic E-state index is 0.0288. The van der Waals surface area contributed by atoms with E-state index in [4.69, 9.17) is 4.74 Å². The van der Waals surface area contributed by atoms with E-state index >= 15 is 0 Å². The third kappa shape index (κ3) is 5.26. The number of hydrogen-bond donors (Lipinski definition) is 1. The average molecular weight is 285 g/mol. The van der Waals surface area contributed by atoms with Gasteiger partial charge in [-0.1, -0.05) is 0 Å². The summed E-state index contributed by atoms with van der Waals surface area (Å²) in [6.07, 6.45) is 0. The van der Waals surface area contributed by atoms with E-state index in [1.165, 1.54) is 11.3 Å². The highest BCUT2D eigenvalue weighted by atomic mass is 32.1. The standard InChI is InChI=1S/C13H23N3O2S/c1-5-16(11(4)17)13-15-12(9-19-13)7-14-10(3)8-18-6-2/h9-10,14H,5-8H2,1-4H3. The summed E-state index contributed by atoms with van der Waals surface area (Å²) in [7, 11) is 0. The minimum Gasteiger partial charge on any atom is -0.380 e. The van der Waals surface area contributed by atoms with Gasteiger partial charge in [0.2, 0.25) is 5.91 Å². The summed E-state index contributed by atoms with van der Waals surface area (Å²) in [4.78, 5) is 17.6. The number of anilines is 1. The van der Waals surface area contributed by atoms with Crippen molar-refractivity contribution in [3.8, 4) is 0 Å². The first-order valence-electron chi connectivity index (χ1n) is 6.62. The maximum Gasteiger partial charge on any atom is 0.225 e. The normalized spacial score (nSPS) is 12.4. The van der Waals surface area contributed by atoms with Gasteiger partial charge in [0, 0.05) is 38.0 Å². The van der Waals surface area contributed by atoms with E-state index in [-0.39, 0.29) is 5.91 Å². The second-order valence-corrected chi connectivity index (χ2v) is 5.16. The van der Waals surface area contributed by atoms with Gasteiger partial charge in [0.05, 0.1) is 12.3 Å². The zero-order valence-electron chi connectivity index (χ0n) is 12.1. The fourth-order valence-electron chi connectivity index (χ4n) is 1.63. The van der Waals surface area contributed by atoms with Crippen molar-refractivity contribution in [2.24, 2.45) is 0 Å². The molecule has 1 aromatic heterocycles. The Hall–Kier alpha value is -0.980. The van der Waals surface area contributed by atoms with Gasteiger partial charge >= 0.3 is 0 Å². The molecule has 0 spiro atoms. The predicted octanol–water partition coefficient (Wildman–Crippen LogP) is 2.03. The highest BCUT2D eigenvalue weighted by molar-refractivity contribution is 7.14. The fraction of sp³-hybridized carbons (Fsp3) is 0.692. The highest BCUT2D eigenvalue weighted by Crippen LogP contribution is 2.20. The summed E-state index contributed by atoms with van der Waals surface area (Å²) in [5.74, 6) is 0.0288. The fourth-order valence-corrected chi connectivity index (χ4v) is 2.56. The summed E-state index contributed by atoms with van der Waals surface area (Å²) in [6, 6.07) is 0.292. The first-order valence-corrected chi connectivity index (χ1v) is 7.50. The number of ether oxygens (including phenoxy) is 1. The molecular formula is C13H23N3O2S.